The number of fused-ring (bicyclic) bond motifs is 3. The quantitative estimate of drug-likeness (QED) is 0.108. The molecule has 1 aliphatic carbocycles. The van der Waals surface area contributed by atoms with Crippen molar-refractivity contribution in [2.24, 2.45) is 5.73 Å². The first-order valence-electron chi connectivity index (χ1n) is 17.7. The lowest BCUT2D eigenvalue weighted by Gasteiger charge is -2.34. The first-order chi connectivity index (χ1) is 24.6. The van der Waals surface area contributed by atoms with Crippen molar-refractivity contribution >= 4 is 0 Å². The highest BCUT2D eigenvalue weighted by Crippen LogP contribution is 2.58. The number of benzene rings is 6. The highest BCUT2D eigenvalue weighted by Gasteiger charge is 2.46. The van der Waals surface area contributed by atoms with E-state index < -0.39 is 5.41 Å². The third-order valence-corrected chi connectivity index (χ3v) is 9.98. The zero-order chi connectivity index (χ0) is 34.3. The van der Waals surface area contributed by atoms with E-state index in [0.717, 1.165) is 24.1 Å². The number of nitrogens with two attached hydrogens (primary N) is 1. The van der Waals surface area contributed by atoms with Crippen molar-refractivity contribution < 1.29 is 0 Å². The van der Waals surface area contributed by atoms with Crippen molar-refractivity contribution in [3.8, 4) is 22.3 Å². The molecule has 1 aliphatic rings. The highest BCUT2D eigenvalue weighted by molar-refractivity contribution is 5.95. The Balaban J connectivity index is 1.27. The van der Waals surface area contributed by atoms with Crippen LogP contribution in [0, 0.1) is 0 Å². The minimum absolute atomic E-state index is 0.299. The lowest BCUT2D eigenvalue weighted by molar-refractivity contribution is 0.624. The van der Waals surface area contributed by atoms with E-state index in [1.807, 2.05) is 25.1 Å². The first kappa shape index (κ1) is 32.8. The van der Waals surface area contributed by atoms with Crippen molar-refractivity contribution in [2.75, 3.05) is 0 Å². The summed E-state index contributed by atoms with van der Waals surface area (Å²) in [6.07, 6.45) is 10.0. The van der Waals surface area contributed by atoms with E-state index in [9.17, 15) is 0 Å². The molecule has 1 atom stereocenters. The average Bonchev–Trinajstić information content (AvgIpc) is 3.49. The van der Waals surface area contributed by atoms with Gasteiger partial charge < -0.3 is 11.1 Å². The van der Waals surface area contributed by atoms with Crippen LogP contribution in [0.25, 0.3) is 22.3 Å². The Labute approximate surface area is 297 Å². The molecule has 2 nitrogen and oxygen atoms in total. The van der Waals surface area contributed by atoms with Crippen LogP contribution < -0.4 is 11.1 Å². The minimum Gasteiger partial charge on any atom is -0.366 e. The number of allylic oxidation sites excluding steroid dienone is 5. The molecule has 0 heterocycles. The molecular formula is C48H44N2. The average molecular weight is 649 g/mol. The molecule has 6 aromatic carbocycles. The van der Waals surface area contributed by atoms with Crippen LogP contribution in [0.3, 0.4) is 0 Å². The maximum Gasteiger partial charge on any atom is 0.101 e. The van der Waals surface area contributed by atoms with Crippen LogP contribution in [0.4, 0.5) is 0 Å². The minimum atomic E-state index is -0.406. The highest BCUT2D eigenvalue weighted by atomic mass is 15.0. The van der Waals surface area contributed by atoms with Gasteiger partial charge >= 0.3 is 0 Å². The molecule has 7 rings (SSSR count). The SMILES string of the molecule is C\C=C/C=C(CC)/C(=C/Cc1ccc(-c2cccc3c2-c2ccccc2C3(c2ccccc2)c2ccccc2)cc1)NC(N)c1ccccc1. The molecular weight excluding hydrogens is 605 g/mol. The van der Waals surface area contributed by atoms with Crippen LogP contribution in [0.1, 0.15) is 59.8 Å². The van der Waals surface area contributed by atoms with Gasteiger partial charge in [-0.05, 0) is 81.0 Å². The van der Waals surface area contributed by atoms with E-state index in [4.69, 9.17) is 5.73 Å². The van der Waals surface area contributed by atoms with Gasteiger partial charge in [-0.3, -0.25) is 0 Å². The lowest BCUT2D eigenvalue weighted by Crippen LogP contribution is -2.29. The molecule has 0 radical (unpaired) electrons. The standard InChI is InChI=1S/C48H44N2/c1-3-5-18-36(4-2)45(50-47(49)38-19-9-6-10-20-38)34-31-35-29-32-37(33-30-35)41-26-17-28-44-46(41)42-25-15-16-27-43(42)48(44,39-21-11-7-12-22-39)40-23-13-8-14-24-40/h3,5-30,32-34,47,50H,4,31,49H2,1-2H3/b5-3-,36-18+,45-34-. The second-order valence-electron chi connectivity index (χ2n) is 12.9. The van der Waals surface area contributed by atoms with Gasteiger partial charge in [-0.2, -0.15) is 0 Å². The van der Waals surface area contributed by atoms with Crippen molar-refractivity contribution in [1.82, 2.24) is 5.32 Å². The van der Waals surface area contributed by atoms with Gasteiger partial charge in [0.2, 0.25) is 0 Å². The van der Waals surface area contributed by atoms with Gasteiger partial charge in [0.1, 0.15) is 6.17 Å². The van der Waals surface area contributed by atoms with Crippen LogP contribution >= 0.6 is 0 Å². The molecule has 1 unspecified atom stereocenters. The van der Waals surface area contributed by atoms with E-state index in [-0.39, 0.29) is 6.17 Å². The third-order valence-electron chi connectivity index (χ3n) is 9.98. The van der Waals surface area contributed by atoms with Crippen LogP contribution in [-0.2, 0) is 11.8 Å². The fourth-order valence-electron chi connectivity index (χ4n) is 7.58. The van der Waals surface area contributed by atoms with Crippen LogP contribution in [0.2, 0.25) is 0 Å². The summed E-state index contributed by atoms with van der Waals surface area (Å²) in [5, 5.41) is 3.61. The lowest BCUT2D eigenvalue weighted by atomic mass is 9.67. The summed E-state index contributed by atoms with van der Waals surface area (Å²) in [7, 11) is 0. The molecule has 6 aromatic rings. The first-order valence-corrected chi connectivity index (χ1v) is 17.7. The molecule has 0 amide bonds. The van der Waals surface area contributed by atoms with Gasteiger partial charge in [0.25, 0.3) is 0 Å². The Morgan fingerprint density at radius 3 is 1.88 bits per heavy atom. The molecule has 50 heavy (non-hydrogen) atoms. The largest absolute Gasteiger partial charge is 0.366 e. The number of hydrogen-bond donors (Lipinski definition) is 2. The van der Waals surface area contributed by atoms with Crippen LogP contribution in [0.15, 0.2) is 193 Å². The van der Waals surface area contributed by atoms with Crippen molar-refractivity contribution in [1.29, 1.82) is 0 Å². The maximum atomic E-state index is 6.64. The summed E-state index contributed by atoms with van der Waals surface area (Å²) >= 11 is 0. The van der Waals surface area contributed by atoms with E-state index in [2.05, 4.69) is 176 Å². The molecule has 2 heteroatoms. The van der Waals surface area contributed by atoms with Gasteiger partial charge in [0, 0.05) is 5.70 Å². The summed E-state index contributed by atoms with van der Waals surface area (Å²) in [5.74, 6) is 0. The zero-order valence-electron chi connectivity index (χ0n) is 28.9. The Morgan fingerprint density at radius 2 is 1.24 bits per heavy atom. The molecule has 0 saturated heterocycles. The predicted octanol–water partition coefficient (Wildman–Crippen LogP) is 11.3. The fourth-order valence-corrected chi connectivity index (χ4v) is 7.58. The number of nitrogens with one attached hydrogen (secondary N) is 1. The molecule has 0 aliphatic heterocycles. The van der Waals surface area contributed by atoms with Gasteiger partial charge in [0.15, 0.2) is 0 Å². The normalized spacial score (nSPS) is 14.3. The Morgan fingerprint density at radius 1 is 0.660 bits per heavy atom. The molecule has 0 saturated carbocycles. The Bertz CT molecular complexity index is 2100. The third kappa shape index (κ3) is 6.15. The number of rotatable bonds is 11. The van der Waals surface area contributed by atoms with Gasteiger partial charge in [0.05, 0.1) is 5.41 Å². The summed E-state index contributed by atoms with van der Waals surface area (Å²) < 4.78 is 0. The van der Waals surface area contributed by atoms with Gasteiger partial charge in [-0.15, -0.1) is 0 Å². The molecule has 246 valence electrons. The van der Waals surface area contributed by atoms with Crippen molar-refractivity contribution in [3.63, 3.8) is 0 Å². The fraction of sp³-hybridized carbons (Fsp3) is 0.125. The summed E-state index contributed by atoms with van der Waals surface area (Å²) in [6.45, 7) is 4.23. The molecule has 0 fully saturated rings. The van der Waals surface area contributed by atoms with E-state index in [0.29, 0.717) is 0 Å². The number of hydrogen-bond acceptors (Lipinski definition) is 2. The molecule has 0 bridgehead atoms. The topological polar surface area (TPSA) is 38.0 Å². The molecule has 3 N–H and O–H groups in total. The van der Waals surface area contributed by atoms with Crippen LogP contribution in [-0.4, -0.2) is 0 Å². The van der Waals surface area contributed by atoms with Crippen molar-refractivity contribution in [2.45, 2.75) is 38.3 Å². The Hall–Kier alpha value is -5.70. The monoisotopic (exact) mass is 648 g/mol. The predicted molar refractivity (Wildman–Crippen MR) is 211 cm³/mol. The van der Waals surface area contributed by atoms with E-state index >= 15 is 0 Å². The van der Waals surface area contributed by atoms with Gasteiger partial charge in [-0.1, -0.05) is 189 Å². The molecule has 0 aromatic heterocycles. The van der Waals surface area contributed by atoms with E-state index in [1.54, 1.807) is 0 Å². The second-order valence-corrected chi connectivity index (χ2v) is 12.9. The van der Waals surface area contributed by atoms with Gasteiger partial charge in [-0.25, -0.2) is 0 Å². The summed E-state index contributed by atoms with van der Waals surface area (Å²) in [5.41, 5.74) is 21.1. The smallest absolute Gasteiger partial charge is 0.101 e. The van der Waals surface area contributed by atoms with E-state index in [1.165, 1.54) is 55.6 Å². The molecule has 0 spiro atoms. The summed E-state index contributed by atoms with van der Waals surface area (Å²) in [4.78, 5) is 0. The second kappa shape index (κ2) is 14.8. The Kier molecular flexibility index (Phi) is 9.73. The van der Waals surface area contributed by atoms with Crippen molar-refractivity contribution in [3.05, 3.63) is 227 Å². The van der Waals surface area contributed by atoms with Crippen LogP contribution in [0.5, 0.6) is 0 Å². The summed E-state index contributed by atoms with van der Waals surface area (Å²) in [6, 6.07) is 57.1. The maximum absolute atomic E-state index is 6.64. The zero-order valence-corrected chi connectivity index (χ0v) is 28.9.